The Labute approximate surface area is 227 Å². The number of aliphatic hydroxyl groups is 1. The fourth-order valence-corrected chi connectivity index (χ4v) is 5.26. The monoisotopic (exact) mass is 526 g/mol. The Morgan fingerprint density at radius 2 is 1.79 bits per heavy atom. The second-order valence-corrected chi connectivity index (χ2v) is 10.6. The summed E-state index contributed by atoms with van der Waals surface area (Å²) in [6.07, 6.45) is 7.83. The molecule has 3 aromatic heterocycles. The topological polar surface area (TPSA) is 104 Å². The first-order chi connectivity index (χ1) is 18.9. The van der Waals surface area contributed by atoms with Gasteiger partial charge in [0.05, 0.1) is 12.2 Å². The molecule has 4 aromatic rings. The van der Waals surface area contributed by atoms with Crippen LogP contribution in [0.15, 0.2) is 65.6 Å². The van der Waals surface area contributed by atoms with Crippen LogP contribution in [0.3, 0.4) is 0 Å². The number of benzene rings is 1. The molecule has 2 N–H and O–H groups in total. The predicted octanol–water partition coefficient (Wildman–Crippen LogP) is 3.42. The molecule has 2 bridgehead atoms. The van der Waals surface area contributed by atoms with Gasteiger partial charge in [-0.3, -0.25) is 4.79 Å². The largest absolute Gasteiger partial charge is 0.384 e. The summed E-state index contributed by atoms with van der Waals surface area (Å²) in [7, 11) is 2.15. The second kappa shape index (κ2) is 10.3. The van der Waals surface area contributed by atoms with Gasteiger partial charge in [-0.25, -0.2) is 19.3 Å². The zero-order chi connectivity index (χ0) is 27.0. The summed E-state index contributed by atoms with van der Waals surface area (Å²) in [5.74, 6) is 0.913. The van der Waals surface area contributed by atoms with E-state index in [-0.39, 0.29) is 5.56 Å². The highest BCUT2D eigenvalue weighted by Crippen LogP contribution is 2.27. The van der Waals surface area contributed by atoms with E-state index < -0.39 is 5.60 Å². The van der Waals surface area contributed by atoms with Gasteiger partial charge < -0.3 is 20.2 Å². The zero-order valence-electron chi connectivity index (χ0n) is 22.4. The maximum Gasteiger partial charge on any atom is 0.278 e. The van der Waals surface area contributed by atoms with E-state index >= 15 is 0 Å². The van der Waals surface area contributed by atoms with Crippen molar-refractivity contribution in [1.29, 1.82) is 0 Å². The molecular formula is C29H34N8O2. The lowest BCUT2D eigenvalue weighted by atomic mass is 9.94. The van der Waals surface area contributed by atoms with Crippen LogP contribution >= 0.6 is 0 Å². The van der Waals surface area contributed by atoms with E-state index in [1.165, 1.54) is 5.69 Å². The average molecular weight is 527 g/mol. The molecule has 5 heterocycles. The molecule has 0 saturated carbocycles. The van der Waals surface area contributed by atoms with E-state index in [2.05, 4.69) is 45.4 Å². The smallest absolute Gasteiger partial charge is 0.278 e. The van der Waals surface area contributed by atoms with Crippen LogP contribution < -0.4 is 15.8 Å². The van der Waals surface area contributed by atoms with Gasteiger partial charge in [-0.1, -0.05) is 18.2 Å². The summed E-state index contributed by atoms with van der Waals surface area (Å²) < 4.78 is 3.35. The number of hydrogen-bond acceptors (Lipinski definition) is 8. The molecule has 0 spiro atoms. The number of likely N-dealkylation sites (N-methyl/N-ethyl adjacent to an activating group) is 1. The fourth-order valence-electron chi connectivity index (χ4n) is 5.26. The Hall–Kier alpha value is -4.02. The minimum absolute atomic E-state index is 0.186. The highest BCUT2D eigenvalue weighted by Gasteiger charge is 2.26. The molecule has 10 heteroatoms. The molecule has 1 atom stereocenters. The summed E-state index contributed by atoms with van der Waals surface area (Å²) in [5, 5.41) is 14.8. The lowest BCUT2D eigenvalue weighted by Gasteiger charge is -2.34. The number of allylic oxidation sites excluding steroid dienone is 2. The van der Waals surface area contributed by atoms with E-state index in [1.54, 1.807) is 22.5 Å². The molecule has 202 valence electrons. The number of aromatic nitrogens is 5. The molecule has 0 aliphatic carbocycles. The molecule has 1 saturated heterocycles. The van der Waals surface area contributed by atoms with Crippen LogP contribution in [-0.4, -0.2) is 67.5 Å². The van der Waals surface area contributed by atoms with Crippen molar-refractivity contribution < 1.29 is 5.11 Å². The summed E-state index contributed by atoms with van der Waals surface area (Å²) in [6.45, 7) is 6.30. The maximum atomic E-state index is 13.4. The quantitative estimate of drug-likeness (QED) is 0.392. The summed E-state index contributed by atoms with van der Waals surface area (Å²) in [6, 6.07) is 13.8. The minimum Gasteiger partial charge on any atom is -0.384 e. The molecular weight excluding hydrogens is 492 g/mol. The van der Waals surface area contributed by atoms with E-state index in [0.29, 0.717) is 41.5 Å². The summed E-state index contributed by atoms with van der Waals surface area (Å²) >= 11 is 0. The number of anilines is 3. The Morgan fingerprint density at radius 1 is 1.00 bits per heavy atom. The van der Waals surface area contributed by atoms with E-state index in [0.717, 1.165) is 44.7 Å². The maximum absolute atomic E-state index is 13.4. The predicted molar refractivity (Wildman–Crippen MR) is 153 cm³/mol. The SMILES string of the molecule is CN1CCN(c2ccc(Nc3ncc4c(=O)n5n(c4n3)-c3cccc(n3)[C@@](C)(O)CCC/C=C\C5)cc2)CC1. The number of nitrogens with zero attached hydrogens (tertiary/aromatic N) is 7. The van der Waals surface area contributed by atoms with Crippen LogP contribution in [0.25, 0.3) is 16.9 Å². The normalized spacial score (nSPS) is 21.2. The van der Waals surface area contributed by atoms with Crippen molar-refractivity contribution in [3.05, 3.63) is 76.9 Å². The van der Waals surface area contributed by atoms with Crippen LogP contribution in [0.5, 0.6) is 0 Å². The number of pyridine rings is 1. The molecule has 2 aliphatic heterocycles. The van der Waals surface area contributed by atoms with E-state index in [1.807, 2.05) is 36.4 Å². The summed E-state index contributed by atoms with van der Waals surface area (Å²) in [5.41, 5.74) is 1.82. The van der Waals surface area contributed by atoms with Crippen molar-refractivity contribution in [2.45, 2.75) is 38.3 Å². The van der Waals surface area contributed by atoms with Crippen LogP contribution in [0.4, 0.5) is 17.3 Å². The van der Waals surface area contributed by atoms with Gasteiger partial charge in [0.2, 0.25) is 5.95 Å². The first-order valence-corrected chi connectivity index (χ1v) is 13.5. The number of rotatable bonds is 3. The van der Waals surface area contributed by atoms with Gasteiger partial charge in [-0.2, -0.15) is 4.98 Å². The van der Waals surface area contributed by atoms with Gasteiger partial charge in [-0.05, 0) is 69.6 Å². The van der Waals surface area contributed by atoms with Crippen molar-refractivity contribution in [3.8, 4) is 5.82 Å². The third-order valence-electron chi connectivity index (χ3n) is 7.65. The third-order valence-corrected chi connectivity index (χ3v) is 7.65. The van der Waals surface area contributed by atoms with Crippen molar-refractivity contribution in [3.63, 3.8) is 0 Å². The van der Waals surface area contributed by atoms with E-state index in [9.17, 15) is 9.90 Å². The Morgan fingerprint density at radius 3 is 2.59 bits per heavy atom. The molecule has 1 fully saturated rings. The molecule has 10 nitrogen and oxygen atoms in total. The number of fused-ring (bicyclic) bond motifs is 6. The van der Waals surface area contributed by atoms with Crippen LogP contribution in [-0.2, 0) is 12.1 Å². The third kappa shape index (κ3) is 5.05. The van der Waals surface area contributed by atoms with Crippen LogP contribution in [0.2, 0.25) is 0 Å². The lowest BCUT2D eigenvalue weighted by Crippen LogP contribution is -2.44. The highest BCUT2D eigenvalue weighted by molar-refractivity contribution is 5.77. The molecule has 1 aromatic carbocycles. The van der Waals surface area contributed by atoms with Crippen molar-refractivity contribution >= 4 is 28.4 Å². The van der Waals surface area contributed by atoms with Gasteiger partial charge in [-0.15, -0.1) is 0 Å². The standard InChI is InChI=1S/C29H34N8O2/c1-29(39)14-5-3-4-6-15-36-27(38)23-20-30-28(33-26(23)37(36)25-9-7-8-24(29)32-25)31-21-10-12-22(13-11-21)35-18-16-34(2)17-19-35/h4,6-13,20,39H,3,5,14-19H2,1-2H3,(H,30,31,33)/b6-4-/t29-/m0/s1. The number of nitrogens with one attached hydrogen (secondary N) is 1. The average Bonchev–Trinajstić information content (AvgIpc) is 3.21. The molecule has 6 rings (SSSR count). The van der Waals surface area contributed by atoms with Gasteiger partial charge in [0.15, 0.2) is 11.5 Å². The van der Waals surface area contributed by atoms with E-state index in [4.69, 9.17) is 9.97 Å². The molecule has 0 unspecified atom stereocenters. The zero-order valence-corrected chi connectivity index (χ0v) is 22.4. The Balaban J connectivity index is 1.36. The van der Waals surface area contributed by atoms with Gasteiger partial charge in [0.25, 0.3) is 5.56 Å². The highest BCUT2D eigenvalue weighted by atomic mass is 16.3. The van der Waals surface area contributed by atoms with Crippen molar-refractivity contribution in [1.82, 2.24) is 29.2 Å². The first-order valence-electron chi connectivity index (χ1n) is 13.5. The molecule has 0 radical (unpaired) electrons. The number of piperazine rings is 1. The molecule has 2 aliphatic rings. The Kier molecular flexibility index (Phi) is 6.66. The number of hydrogen-bond donors (Lipinski definition) is 2. The summed E-state index contributed by atoms with van der Waals surface area (Å²) in [4.78, 5) is 32.1. The first kappa shape index (κ1) is 25.3. The van der Waals surface area contributed by atoms with Gasteiger partial charge in [0.1, 0.15) is 11.0 Å². The second-order valence-electron chi connectivity index (χ2n) is 10.6. The van der Waals surface area contributed by atoms with Gasteiger partial charge in [0, 0.05) is 43.8 Å². The van der Waals surface area contributed by atoms with Crippen molar-refractivity contribution in [2.24, 2.45) is 0 Å². The minimum atomic E-state index is -1.07. The fraction of sp³-hybridized carbons (Fsp3) is 0.379. The van der Waals surface area contributed by atoms with Crippen molar-refractivity contribution in [2.75, 3.05) is 43.4 Å². The Bertz CT molecular complexity index is 1560. The lowest BCUT2D eigenvalue weighted by molar-refractivity contribution is 0.0413. The molecule has 39 heavy (non-hydrogen) atoms. The molecule has 0 amide bonds. The van der Waals surface area contributed by atoms with Crippen LogP contribution in [0, 0.1) is 0 Å². The van der Waals surface area contributed by atoms with Gasteiger partial charge >= 0.3 is 0 Å². The van der Waals surface area contributed by atoms with Crippen LogP contribution in [0.1, 0.15) is 31.9 Å².